The SMILES string of the molecule is Cc1ccc2nc(-c3ccccc3)sc2c1-c1n(-c2ccccc2)c2ccccc2[n+]1C. The summed E-state index contributed by atoms with van der Waals surface area (Å²) in [7, 11) is 2.16. The normalized spacial score (nSPS) is 11.4. The first-order valence-electron chi connectivity index (χ1n) is 10.7. The van der Waals surface area contributed by atoms with Crippen LogP contribution in [0.3, 0.4) is 0 Å². The minimum absolute atomic E-state index is 1.04. The highest BCUT2D eigenvalue weighted by Crippen LogP contribution is 2.39. The molecule has 0 saturated carbocycles. The van der Waals surface area contributed by atoms with Crippen LogP contribution in [-0.2, 0) is 7.05 Å². The highest BCUT2D eigenvalue weighted by Gasteiger charge is 2.29. The molecule has 0 aliphatic heterocycles. The Morgan fingerprint density at radius 1 is 0.781 bits per heavy atom. The first kappa shape index (κ1) is 19.0. The summed E-state index contributed by atoms with van der Waals surface area (Å²) in [5.41, 5.74) is 8.24. The molecule has 0 aliphatic rings. The molecule has 0 radical (unpaired) electrons. The average Bonchev–Trinajstić information content (AvgIpc) is 3.40. The van der Waals surface area contributed by atoms with E-state index in [9.17, 15) is 0 Å². The number of hydrogen-bond acceptors (Lipinski definition) is 2. The molecule has 154 valence electrons. The molecule has 0 saturated heterocycles. The lowest BCUT2D eigenvalue weighted by molar-refractivity contribution is -0.633. The lowest BCUT2D eigenvalue weighted by atomic mass is 10.1. The van der Waals surface area contributed by atoms with E-state index in [1.54, 1.807) is 11.3 Å². The van der Waals surface area contributed by atoms with Gasteiger partial charge in [-0.1, -0.05) is 66.7 Å². The molecule has 0 atom stereocenters. The number of para-hydroxylation sites is 3. The maximum atomic E-state index is 5.00. The van der Waals surface area contributed by atoms with Crippen LogP contribution in [0.1, 0.15) is 5.56 Å². The molecule has 6 aromatic rings. The summed E-state index contributed by atoms with van der Waals surface area (Å²) in [5.74, 6) is 1.17. The smallest absolute Gasteiger partial charge is 0.236 e. The van der Waals surface area contributed by atoms with Crippen LogP contribution in [0.2, 0.25) is 0 Å². The number of aryl methyl sites for hydroxylation is 2. The van der Waals surface area contributed by atoms with Gasteiger partial charge in [0, 0.05) is 5.56 Å². The highest BCUT2D eigenvalue weighted by molar-refractivity contribution is 7.22. The van der Waals surface area contributed by atoms with Gasteiger partial charge in [-0.3, -0.25) is 0 Å². The molecule has 0 aliphatic carbocycles. The Kier molecular flexibility index (Phi) is 4.40. The number of nitrogens with zero attached hydrogens (tertiary/aromatic N) is 3. The van der Waals surface area contributed by atoms with Crippen LogP contribution in [-0.4, -0.2) is 9.55 Å². The van der Waals surface area contributed by atoms with Gasteiger partial charge in [-0.15, -0.1) is 11.3 Å². The molecule has 4 aromatic carbocycles. The van der Waals surface area contributed by atoms with Gasteiger partial charge in [0.1, 0.15) is 10.7 Å². The number of fused-ring (bicyclic) bond motifs is 2. The fraction of sp³-hybridized carbons (Fsp3) is 0.0714. The molecule has 3 nitrogen and oxygen atoms in total. The van der Waals surface area contributed by atoms with Crippen molar-refractivity contribution in [1.82, 2.24) is 9.55 Å². The lowest BCUT2D eigenvalue weighted by Crippen LogP contribution is -2.30. The monoisotopic (exact) mass is 432 g/mol. The number of rotatable bonds is 3. The van der Waals surface area contributed by atoms with Crippen LogP contribution in [0.15, 0.2) is 97.1 Å². The standard InChI is InChI=1S/C28H22N3S/c1-19-17-18-22-26(32-27(29-22)20-11-5-3-6-12-20)25(19)28-30(2)23-15-9-10-16-24(23)31(28)21-13-7-4-8-14-21/h3-18H,1-2H3/q+1. The zero-order chi connectivity index (χ0) is 21.7. The van der Waals surface area contributed by atoms with Crippen LogP contribution < -0.4 is 4.57 Å². The van der Waals surface area contributed by atoms with E-state index in [1.165, 1.54) is 32.7 Å². The van der Waals surface area contributed by atoms with Crippen molar-refractivity contribution in [3.63, 3.8) is 0 Å². The number of benzene rings is 4. The predicted octanol–water partition coefficient (Wildman–Crippen LogP) is 6.71. The van der Waals surface area contributed by atoms with Crippen LogP contribution in [0.5, 0.6) is 0 Å². The van der Waals surface area contributed by atoms with Crippen LogP contribution in [0.4, 0.5) is 0 Å². The molecule has 4 heteroatoms. The van der Waals surface area contributed by atoms with Crippen LogP contribution >= 0.6 is 11.3 Å². The summed E-state index contributed by atoms with van der Waals surface area (Å²) in [6.45, 7) is 2.20. The number of imidazole rings is 1. The summed E-state index contributed by atoms with van der Waals surface area (Å²) in [6.07, 6.45) is 0. The van der Waals surface area contributed by atoms with E-state index in [1.807, 2.05) is 6.07 Å². The van der Waals surface area contributed by atoms with Gasteiger partial charge in [0.05, 0.1) is 22.8 Å². The molecule has 0 amide bonds. The Morgan fingerprint density at radius 3 is 2.25 bits per heavy atom. The van der Waals surface area contributed by atoms with Crippen molar-refractivity contribution in [3.8, 4) is 27.6 Å². The Hall–Kier alpha value is -3.76. The van der Waals surface area contributed by atoms with Crippen molar-refractivity contribution in [2.45, 2.75) is 6.92 Å². The minimum atomic E-state index is 1.04. The van der Waals surface area contributed by atoms with Gasteiger partial charge in [-0.2, -0.15) is 4.57 Å². The quantitative estimate of drug-likeness (QED) is 0.285. The Bertz CT molecular complexity index is 1580. The Labute approximate surface area is 190 Å². The third-order valence-corrected chi connectivity index (χ3v) is 7.18. The molecule has 0 spiro atoms. The fourth-order valence-electron chi connectivity index (χ4n) is 4.51. The second-order valence-corrected chi connectivity index (χ2v) is 9.03. The number of thiazole rings is 1. The fourth-order valence-corrected chi connectivity index (χ4v) is 5.67. The molecule has 2 heterocycles. The summed E-state index contributed by atoms with van der Waals surface area (Å²) in [6, 6.07) is 34.0. The highest BCUT2D eigenvalue weighted by atomic mass is 32.1. The summed E-state index contributed by atoms with van der Waals surface area (Å²) < 4.78 is 5.91. The van der Waals surface area contributed by atoms with E-state index in [4.69, 9.17) is 4.98 Å². The maximum absolute atomic E-state index is 5.00. The molecule has 0 bridgehead atoms. The summed E-state index contributed by atoms with van der Waals surface area (Å²) in [4.78, 5) is 5.00. The maximum Gasteiger partial charge on any atom is 0.296 e. The average molecular weight is 433 g/mol. The molecule has 32 heavy (non-hydrogen) atoms. The van der Waals surface area contributed by atoms with E-state index in [0.717, 1.165) is 21.8 Å². The third-order valence-electron chi connectivity index (χ3n) is 6.04. The molecular formula is C28H22N3S+. The second kappa shape index (κ2) is 7.43. The zero-order valence-electron chi connectivity index (χ0n) is 18.0. The number of aromatic nitrogens is 3. The molecule has 0 fully saturated rings. The molecule has 0 N–H and O–H groups in total. The van der Waals surface area contributed by atoms with Gasteiger partial charge in [0.2, 0.25) is 0 Å². The molecule has 6 rings (SSSR count). The Morgan fingerprint density at radius 2 is 1.47 bits per heavy atom. The summed E-state index contributed by atoms with van der Waals surface area (Å²) in [5, 5.41) is 1.05. The van der Waals surface area contributed by atoms with Crippen LogP contribution in [0, 0.1) is 6.92 Å². The van der Waals surface area contributed by atoms with Crippen molar-refractivity contribution in [1.29, 1.82) is 0 Å². The van der Waals surface area contributed by atoms with Gasteiger partial charge >= 0.3 is 0 Å². The first-order chi connectivity index (χ1) is 15.7. The van der Waals surface area contributed by atoms with Crippen molar-refractivity contribution >= 4 is 32.6 Å². The van der Waals surface area contributed by atoms with E-state index in [2.05, 4.69) is 114 Å². The number of hydrogen-bond donors (Lipinski definition) is 0. The largest absolute Gasteiger partial charge is 0.296 e. The van der Waals surface area contributed by atoms with Gasteiger partial charge in [-0.25, -0.2) is 9.55 Å². The van der Waals surface area contributed by atoms with Gasteiger partial charge in [-0.05, 0) is 42.8 Å². The minimum Gasteiger partial charge on any atom is -0.236 e. The molecule has 0 unspecified atom stereocenters. The van der Waals surface area contributed by atoms with Gasteiger partial charge < -0.3 is 0 Å². The van der Waals surface area contributed by atoms with E-state index >= 15 is 0 Å². The van der Waals surface area contributed by atoms with Gasteiger partial charge in [0.15, 0.2) is 11.0 Å². The van der Waals surface area contributed by atoms with Crippen molar-refractivity contribution < 1.29 is 4.57 Å². The van der Waals surface area contributed by atoms with Crippen molar-refractivity contribution in [3.05, 3.63) is 103 Å². The van der Waals surface area contributed by atoms with Crippen molar-refractivity contribution in [2.24, 2.45) is 7.05 Å². The predicted molar refractivity (Wildman–Crippen MR) is 133 cm³/mol. The summed E-state index contributed by atoms with van der Waals surface area (Å²) >= 11 is 1.77. The van der Waals surface area contributed by atoms with Crippen LogP contribution in [0.25, 0.3) is 48.9 Å². The van der Waals surface area contributed by atoms with Gasteiger partial charge in [0.25, 0.3) is 5.82 Å². The first-order valence-corrected chi connectivity index (χ1v) is 11.5. The molecule has 2 aromatic heterocycles. The third kappa shape index (κ3) is 2.88. The Balaban J connectivity index is 1.72. The lowest BCUT2D eigenvalue weighted by Gasteiger charge is -2.07. The van der Waals surface area contributed by atoms with Crippen molar-refractivity contribution in [2.75, 3.05) is 0 Å². The van der Waals surface area contributed by atoms with E-state index < -0.39 is 0 Å². The molecular weight excluding hydrogens is 410 g/mol. The zero-order valence-corrected chi connectivity index (χ0v) is 18.8. The topological polar surface area (TPSA) is 21.7 Å². The second-order valence-electron chi connectivity index (χ2n) is 8.03. The van der Waals surface area contributed by atoms with E-state index in [0.29, 0.717) is 0 Å². The van der Waals surface area contributed by atoms with E-state index in [-0.39, 0.29) is 0 Å².